The molecule has 1 aromatic carbocycles. The molecule has 0 radical (unpaired) electrons. The average molecular weight is 347 g/mol. The molecule has 0 aliphatic rings. The van der Waals surface area contributed by atoms with E-state index in [1.165, 1.54) is 0 Å². The van der Waals surface area contributed by atoms with Gasteiger partial charge in [-0.15, -0.1) is 0 Å². The first-order valence-corrected chi connectivity index (χ1v) is 6.68. The van der Waals surface area contributed by atoms with Crippen LogP contribution in [-0.4, -0.2) is 72.9 Å². The molecule has 24 heavy (non-hydrogen) atoms. The number of aliphatic hydroxyl groups excluding tert-OH is 5. The lowest BCUT2D eigenvalue weighted by atomic mass is 10.0. The van der Waals surface area contributed by atoms with Gasteiger partial charge in [-0.25, -0.2) is 0 Å². The summed E-state index contributed by atoms with van der Waals surface area (Å²) in [7, 11) is 0. The first-order valence-electron chi connectivity index (χ1n) is 6.68. The van der Waals surface area contributed by atoms with Crippen LogP contribution in [0.25, 0.3) is 0 Å². The number of nitrogens with zero attached hydrogens (tertiary/aromatic N) is 2. The molecule has 1 rings (SSSR count). The highest BCUT2D eigenvalue weighted by molar-refractivity contribution is 5.65. The van der Waals surface area contributed by atoms with Crippen molar-refractivity contribution in [2.45, 2.75) is 24.4 Å². The SMILES string of the molecule is O=[N+]([O-])c1ccc(NC[C@H](O)[C@@H](O)[C@H](O)[C@H](O)CO)c([N+](=O)[O-])c1. The van der Waals surface area contributed by atoms with E-state index in [4.69, 9.17) is 5.11 Å². The van der Waals surface area contributed by atoms with E-state index in [0.29, 0.717) is 0 Å². The maximum atomic E-state index is 10.9. The van der Waals surface area contributed by atoms with Gasteiger partial charge >= 0.3 is 0 Å². The lowest BCUT2D eigenvalue weighted by Gasteiger charge is -2.25. The van der Waals surface area contributed by atoms with Gasteiger partial charge in [0.25, 0.3) is 11.4 Å². The maximum absolute atomic E-state index is 10.9. The minimum absolute atomic E-state index is 0.144. The van der Waals surface area contributed by atoms with Crippen LogP contribution in [0.3, 0.4) is 0 Å². The van der Waals surface area contributed by atoms with Crippen LogP contribution in [-0.2, 0) is 0 Å². The molecule has 6 N–H and O–H groups in total. The van der Waals surface area contributed by atoms with Crippen LogP contribution in [0.5, 0.6) is 0 Å². The fourth-order valence-corrected chi connectivity index (χ4v) is 1.83. The minimum atomic E-state index is -1.84. The van der Waals surface area contributed by atoms with Crippen molar-refractivity contribution in [3.63, 3.8) is 0 Å². The van der Waals surface area contributed by atoms with Gasteiger partial charge in [-0.2, -0.15) is 0 Å². The third-order valence-corrected chi connectivity index (χ3v) is 3.22. The molecule has 0 aliphatic carbocycles. The van der Waals surface area contributed by atoms with Crippen LogP contribution in [0.15, 0.2) is 18.2 Å². The molecule has 0 unspecified atom stereocenters. The molecule has 0 amide bonds. The Bertz CT molecular complexity index is 597. The van der Waals surface area contributed by atoms with Crippen molar-refractivity contribution in [2.75, 3.05) is 18.5 Å². The third kappa shape index (κ3) is 4.81. The number of rotatable bonds is 9. The van der Waals surface area contributed by atoms with Crippen LogP contribution in [0.1, 0.15) is 0 Å². The summed E-state index contributed by atoms with van der Waals surface area (Å²) in [6.07, 6.45) is -6.99. The lowest BCUT2D eigenvalue weighted by molar-refractivity contribution is -0.393. The fraction of sp³-hybridized carbons (Fsp3) is 0.500. The van der Waals surface area contributed by atoms with Gasteiger partial charge in [0.2, 0.25) is 0 Å². The van der Waals surface area contributed by atoms with Crippen LogP contribution >= 0.6 is 0 Å². The van der Waals surface area contributed by atoms with Gasteiger partial charge in [0, 0.05) is 12.6 Å². The summed E-state index contributed by atoms with van der Waals surface area (Å²) < 4.78 is 0. The second-order valence-corrected chi connectivity index (χ2v) is 4.90. The molecule has 1 aromatic rings. The molecular formula is C12H17N3O9. The minimum Gasteiger partial charge on any atom is -0.394 e. The molecule has 0 saturated heterocycles. The average Bonchev–Trinajstić information content (AvgIpc) is 2.56. The quantitative estimate of drug-likeness (QED) is 0.222. The van der Waals surface area contributed by atoms with Crippen LogP contribution in [0.4, 0.5) is 17.1 Å². The van der Waals surface area contributed by atoms with Crippen LogP contribution < -0.4 is 5.32 Å². The van der Waals surface area contributed by atoms with Gasteiger partial charge in [0.1, 0.15) is 24.0 Å². The Balaban J connectivity index is 2.83. The van der Waals surface area contributed by atoms with Gasteiger partial charge in [0.15, 0.2) is 0 Å². The Morgan fingerprint density at radius 2 is 1.58 bits per heavy atom. The van der Waals surface area contributed by atoms with E-state index in [1.807, 2.05) is 0 Å². The largest absolute Gasteiger partial charge is 0.394 e. The number of hydrogen-bond acceptors (Lipinski definition) is 10. The number of nitrogens with one attached hydrogen (secondary N) is 1. The van der Waals surface area contributed by atoms with Crippen LogP contribution in [0.2, 0.25) is 0 Å². The summed E-state index contributed by atoms with van der Waals surface area (Å²) in [6, 6.07) is 2.81. The normalized spacial score (nSPS) is 16.0. The van der Waals surface area contributed by atoms with Crippen LogP contribution in [0, 0.1) is 20.2 Å². The van der Waals surface area contributed by atoms with E-state index in [-0.39, 0.29) is 5.69 Å². The smallest absolute Gasteiger partial charge is 0.299 e. The van der Waals surface area contributed by atoms with E-state index in [1.54, 1.807) is 0 Å². The van der Waals surface area contributed by atoms with E-state index < -0.39 is 58.8 Å². The Hall–Kier alpha value is -2.38. The zero-order chi connectivity index (χ0) is 18.4. The predicted molar refractivity (Wildman–Crippen MR) is 79.4 cm³/mol. The highest BCUT2D eigenvalue weighted by Crippen LogP contribution is 2.28. The first-order chi connectivity index (χ1) is 11.2. The highest BCUT2D eigenvalue weighted by atomic mass is 16.6. The summed E-state index contributed by atoms with van der Waals surface area (Å²) in [5, 5.41) is 70.7. The van der Waals surface area contributed by atoms with Crippen molar-refractivity contribution in [3.8, 4) is 0 Å². The molecule has 0 bridgehead atoms. The van der Waals surface area contributed by atoms with Crippen molar-refractivity contribution in [1.29, 1.82) is 0 Å². The molecular weight excluding hydrogens is 330 g/mol. The third-order valence-electron chi connectivity index (χ3n) is 3.22. The molecule has 0 fully saturated rings. The lowest BCUT2D eigenvalue weighted by Crippen LogP contribution is -2.48. The van der Waals surface area contributed by atoms with Crippen molar-refractivity contribution < 1.29 is 35.4 Å². The van der Waals surface area contributed by atoms with E-state index in [2.05, 4.69) is 5.32 Å². The molecule has 0 spiro atoms. The van der Waals surface area contributed by atoms with Gasteiger partial charge in [-0.05, 0) is 6.07 Å². The number of hydrogen-bond donors (Lipinski definition) is 6. The molecule has 0 heterocycles. The topological polar surface area (TPSA) is 199 Å². The van der Waals surface area contributed by atoms with E-state index in [9.17, 15) is 40.7 Å². The van der Waals surface area contributed by atoms with Gasteiger partial charge in [0.05, 0.1) is 28.6 Å². The molecule has 0 aromatic heterocycles. The Morgan fingerprint density at radius 1 is 1.00 bits per heavy atom. The Labute approximate surface area is 134 Å². The number of anilines is 1. The maximum Gasteiger partial charge on any atom is 0.299 e. The molecule has 134 valence electrons. The van der Waals surface area contributed by atoms with Crippen molar-refractivity contribution >= 4 is 17.1 Å². The summed E-state index contributed by atoms with van der Waals surface area (Å²) in [4.78, 5) is 19.9. The Morgan fingerprint density at radius 3 is 2.08 bits per heavy atom. The summed E-state index contributed by atoms with van der Waals surface area (Å²) in [5.41, 5.74) is -1.25. The number of nitro benzene ring substituents is 2. The zero-order valence-corrected chi connectivity index (χ0v) is 12.2. The molecule has 12 heteroatoms. The zero-order valence-electron chi connectivity index (χ0n) is 12.2. The number of nitro groups is 2. The summed E-state index contributed by atoms with van der Waals surface area (Å²) in [5.74, 6) is 0. The molecule has 4 atom stereocenters. The number of non-ortho nitro benzene ring substituents is 1. The molecule has 0 aliphatic heterocycles. The van der Waals surface area contributed by atoms with Crippen molar-refractivity contribution in [3.05, 3.63) is 38.4 Å². The number of benzene rings is 1. The summed E-state index contributed by atoms with van der Waals surface area (Å²) in [6.45, 7) is -1.30. The van der Waals surface area contributed by atoms with E-state index in [0.717, 1.165) is 18.2 Å². The van der Waals surface area contributed by atoms with Crippen molar-refractivity contribution in [1.82, 2.24) is 0 Å². The standard InChI is InChI=1S/C12H17N3O9/c16-5-10(18)12(20)11(19)9(17)4-13-7-2-1-6(14(21)22)3-8(7)15(23)24/h1-3,9-13,16-20H,4-5H2/t9-,10+,11+,12+/m0/s1. The molecule has 12 nitrogen and oxygen atoms in total. The predicted octanol–water partition coefficient (Wildman–Crippen LogP) is -1.65. The second-order valence-electron chi connectivity index (χ2n) is 4.90. The van der Waals surface area contributed by atoms with Gasteiger partial charge in [-0.1, -0.05) is 0 Å². The summed E-state index contributed by atoms with van der Waals surface area (Å²) >= 11 is 0. The van der Waals surface area contributed by atoms with Gasteiger partial charge < -0.3 is 30.8 Å². The van der Waals surface area contributed by atoms with Gasteiger partial charge in [-0.3, -0.25) is 20.2 Å². The highest BCUT2D eigenvalue weighted by Gasteiger charge is 2.30. The second kappa shape index (κ2) is 8.47. The Kier molecular flexibility index (Phi) is 6.94. The number of aliphatic hydroxyl groups is 5. The first kappa shape index (κ1) is 19.7. The van der Waals surface area contributed by atoms with E-state index >= 15 is 0 Å². The monoisotopic (exact) mass is 347 g/mol. The fourth-order valence-electron chi connectivity index (χ4n) is 1.83. The van der Waals surface area contributed by atoms with Crippen molar-refractivity contribution in [2.24, 2.45) is 0 Å². The molecule has 0 saturated carbocycles.